The van der Waals surface area contributed by atoms with Gasteiger partial charge in [0.2, 0.25) is 0 Å². The third kappa shape index (κ3) is 3.75. The van der Waals surface area contributed by atoms with Crippen LogP contribution in [0, 0.1) is 0 Å². The summed E-state index contributed by atoms with van der Waals surface area (Å²) in [4.78, 5) is 8.74. The molecule has 0 unspecified atom stereocenters. The topological polar surface area (TPSA) is 56.3 Å². The first-order chi connectivity index (χ1) is 14.2. The van der Waals surface area contributed by atoms with Crippen molar-refractivity contribution in [2.45, 2.75) is 0 Å². The van der Waals surface area contributed by atoms with Crippen molar-refractivity contribution >= 4 is 28.0 Å². The van der Waals surface area contributed by atoms with Crippen LogP contribution in [0.4, 0.5) is 11.5 Å². The summed E-state index contributed by atoms with van der Waals surface area (Å²) < 4.78 is 10.8. The number of rotatable bonds is 6. The van der Waals surface area contributed by atoms with Gasteiger partial charge in [0.25, 0.3) is 0 Å². The van der Waals surface area contributed by atoms with Crippen molar-refractivity contribution in [2.24, 2.45) is 0 Å². The number of hydrogen-bond donors (Lipinski definition) is 1. The predicted octanol–water partition coefficient (Wildman–Crippen LogP) is 5.45. The van der Waals surface area contributed by atoms with Crippen molar-refractivity contribution in [1.82, 2.24) is 9.97 Å². The van der Waals surface area contributed by atoms with E-state index >= 15 is 0 Å². The largest absolute Gasteiger partial charge is 0.493 e. The summed E-state index contributed by atoms with van der Waals surface area (Å²) in [6, 6.07) is 22.0. The number of nitrogens with one attached hydrogen (secondary N) is 1. The van der Waals surface area contributed by atoms with E-state index in [1.807, 2.05) is 54.6 Å². The Bertz CT molecular complexity index is 1160. The second-order valence-corrected chi connectivity index (χ2v) is 6.49. The minimum atomic E-state index is 0.632. The van der Waals surface area contributed by atoms with E-state index in [-0.39, 0.29) is 0 Å². The van der Waals surface area contributed by atoms with Crippen LogP contribution in [0.25, 0.3) is 16.5 Å². The van der Waals surface area contributed by atoms with Gasteiger partial charge < -0.3 is 14.8 Å². The van der Waals surface area contributed by atoms with E-state index in [0.717, 1.165) is 33.3 Å². The maximum absolute atomic E-state index is 5.42. The molecule has 0 spiro atoms. The van der Waals surface area contributed by atoms with Gasteiger partial charge in [0, 0.05) is 17.1 Å². The highest BCUT2D eigenvalue weighted by Gasteiger charge is 2.11. The first-order valence-electron chi connectivity index (χ1n) is 9.18. The Balaban J connectivity index is 1.62. The van der Waals surface area contributed by atoms with Crippen molar-refractivity contribution in [3.05, 3.63) is 90.8 Å². The monoisotopic (exact) mass is 383 g/mol. The normalized spacial score (nSPS) is 10.6. The summed E-state index contributed by atoms with van der Waals surface area (Å²) in [5.41, 5.74) is 4.86. The zero-order valence-electron chi connectivity index (χ0n) is 16.3. The lowest BCUT2D eigenvalue weighted by Crippen LogP contribution is -1.98. The van der Waals surface area contributed by atoms with Crippen LogP contribution in [-0.2, 0) is 0 Å². The van der Waals surface area contributed by atoms with Gasteiger partial charge in [-0.2, -0.15) is 0 Å². The van der Waals surface area contributed by atoms with Crippen molar-refractivity contribution in [3.63, 3.8) is 0 Å². The summed E-state index contributed by atoms with van der Waals surface area (Å²) in [5.74, 6) is 1.96. The molecule has 0 amide bonds. The third-order valence-corrected chi connectivity index (χ3v) is 4.76. The molecule has 4 rings (SSSR count). The van der Waals surface area contributed by atoms with E-state index in [1.54, 1.807) is 14.2 Å². The number of ether oxygens (including phenoxy) is 2. The fraction of sp³-hybridized carbons (Fsp3) is 0.0833. The van der Waals surface area contributed by atoms with Gasteiger partial charge in [-0.3, -0.25) is 0 Å². The van der Waals surface area contributed by atoms with Crippen molar-refractivity contribution < 1.29 is 9.47 Å². The van der Waals surface area contributed by atoms with E-state index in [9.17, 15) is 0 Å². The number of nitrogens with zero attached hydrogens (tertiary/aromatic N) is 2. The zero-order chi connectivity index (χ0) is 20.2. The average Bonchev–Trinajstić information content (AvgIpc) is 2.79. The van der Waals surface area contributed by atoms with Gasteiger partial charge in [-0.15, -0.1) is 0 Å². The maximum Gasteiger partial charge on any atom is 0.162 e. The van der Waals surface area contributed by atoms with E-state index in [1.165, 1.54) is 6.33 Å². The molecule has 0 aliphatic heterocycles. The van der Waals surface area contributed by atoms with Gasteiger partial charge >= 0.3 is 0 Å². The Kier molecular flexibility index (Phi) is 5.12. The molecule has 0 aliphatic carbocycles. The van der Waals surface area contributed by atoms with E-state index in [2.05, 4.69) is 34.0 Å². The standard InChI is InChI=1S/C24H21N3O2/c1-16(17-7-5-4-6-8-17)18-9-11-19(12-10-18)27-24-20-13-22(28-2)23(29-3)14-21(20)25-15-26-24/h4-15H,1H2,2-3H3,(H,25,26,27). The molecular weight excluding hydrogens is 362 g/mol. The molecule has 5 nitrogen and oxygen atoms in total. The van der Waals surface area contributed by atoms with Gasteiger partial charge in [-0.25, -0.2) is 9.97 Å². The molecule has 5 heteroatoms. The fourth-order valence-corrected chi connectivity index (χ4v) is 3.18. The quantitative estimate of drug-likeness (QED) is 0.480. The van der Waals surface area contributed by atoms with Crippen molar-refractivity contribution in [1.29, 1.82) is 0 Å². The molecule has 1 heterocycles. The molecule has 4 aromatic rings. The molecule has 1 N–H and O–H groups in total. The first kappa shape index (κ1) is 18.5. The number of hydrogen-bond acceptors (Lipinski definition) is 5. The molecule has 1 aromatic heterocycles. The molecule has 0 bridgehead atoms. The van der Waals surface area contributed by atoms with Crippen molar-refractivity contribution in [3.8, 4) is 11.5 Å². The van der Waals surface area contributed by atoms with Crippen LogP contribution in [0.2, 0.25) is 0 Å². The highest BCUT2D eigenvalue weighted by molar-refractivity contribution is 5.93. The summed E-state index contributed by atoms with van der Waals surface area (Å²) in [6.45, 7) is 4.22. The Morgan fingerprint density at radius 3 is 2.17 bits per heavy atom. The molecule has 0 fully saturated rings. The highest BCUT2D eigenvalue weighted by Crippen LogP contribution is 2.34. The van der Waals surface area contributed by atoms with Crippen LogP contribution in [0.15, 0.2) is 79.6 Å². The minimum Gasteiger partial charge on any atom is -0.493 e. The molecule has 0 atom stereocenters. The van der Waals surface area contributed by atoms with Crippen LogP contribution >= 0.6 is 0 Å². The summed E-state index contributed by atoms with van der Waals surface area (Å²) in [7, 11) is 3.22. The molecule has 0 saturated heterocycles. The lowest BCUT2D eigenvalue weighted by atomic mass is 9.99. The zero-order valence-corrected chi connectivity index (χ0v) is 16.3. The molecule has 3 aromatic carbocycles. The first-order valence-corrected chi connectivity index (χ1v) is 9.18. The van der Waals surface area contributed by atoms with E-state index in [0.29, 0.717) is 17.3 Å². The van der Waals surface area contributed by atoms with Crippen molar-refractivity contribution in [2.75, 3.05) is 19.5 Å². The second kappa shape index (κ2) is 8.02. The van der Waals surface area contributed by atoms with Gasteiger partial charge in [-0.05, 0) is 34.9 Å². The van der Waals surface area contributed by atoms with E-state index < -0.39 is 0 Å². The predicted molar refractivity (Wildman–Crippen MR) is 117 cm³/mol. The van der Waals surface area contributed by atoms with E-state index in [4.69, 9.17) is 9.47 Å². The smallest absolute Gasteiger partial charge is 0.162 e. The summed E-state index contributed by atoms with van der Waals surface area (Å²) in [6.07, 6.45) is 1.53. The lowest BCUT2D eigenvalue weighted by molar-refractivity contribution is 0.356. The van der Waals surface area contributed by atoms with Crippen LogP contribution < -0.4 is 14.8 Å². The van der Waals surface area contributed by atoms with Gasteiger partial charge in [0.15, 0.2) is 11.5 Å². The third-order valence-electron chi connectivity index (χ3n) is 4.76. The average molecular weight is 383 g/mol. The Hall–Kier alpha value is -3.86. The second-order valence-electron chi connectivity index (χ2n) is 6.49. The lowest BCUT2D eigenvalue weighted by Gasteiger charge is -2.13. The Morgan fingerprint density at radius 1 is 0.828 bits per heavy atom. The molecule has 144 valence electrons. The summed E-state index contributed by atoms with van der Waals surface area (Å²) in [5, 5.41) is 4.21. The molecule has 0 aliphatic rings. The number of anilines is 2. The summed E-state index contributed by atoms with van der Waals surface area (Å²) >= 11 is 0. The van der Waals surface area contributed by atoms with Crippen LogP contribution in [0.5, 0.6) is 11.5 Å². The molecule has 0 saturated carbocycles. The van der Waals surface area contributed by atoms with Crippen LogP contribution in [0.3, 0.4) is 0 Å². The number of benzene rings is 3. The highest BCUT2D eigenvalue weighted by atomic mass is 16.5. The van der Waals surface area contributed by atoms with Gasteiger partial charge in [0.1, 0.15) is 12.1 Å². The fourth-order valence-electron chi connectivity index (χ4n) is 3.18. The number of methoxy groups -OCH3 is 2. The Labute approximate surface area is 169 Å². The molecule has 0 radical (unpaired) electrons. The van der Waals surface area contributed by atoms with Gasteiger partial charge in [-0.1, -0.05) is 49.0 Å². The number of aromatic nitrogens is 2. The molecule has 29 heavy (non-hydrogen) atoms. The SMILES string of the molecule is C=C(c1ccccc1)c1ccc(Nc2ncnc3cc(OC)c(OC)cc23)cc1. The van der Waals surface area contributed by atoms with Crippen LogP contribution in [0.1, 0.15) is 11.1 Å². The van der Waals surface area contributed by atoms with Gasteiger partial charge in [0.05, 0.1) is 19.7 Å². The minimum absolute atomic E-state index is 0.632. The number of fused-ring (bicyclic) bond motifs is 1. The Morgan fingerprint density at radius 2 is 1.48 bits per heavy atom. The maximum atomic E-state index is 5.42. The molecular formula is C24H21N3O2. The van der Waals surface area contributed by atoms with Crippen LogP contribution in [-0.4, -0.2) is 24.2 Å².